The molecule has 23 heavy (non-hydrogen) atoms. The highest BCUT2D eigenvalue weighted by atomic mass is 79.9. The monoisotopic (exact) mass is 425 g/mol. The molecule has 0 fully saturated rings. The Morgan fingerprint density at radius 2 is 2.00 bits per heavy atom. The Labute approximate surface area is 156 Å². The van der Waals surface area contributed by atoms with E-state index in [4.69, 9.17) is 23.2 Å². The van der Waals surface area contributed by atoms with E-state index in [1.165, 1.54) is 11.3 Å². The van der Waals surface area contributed by atoms with Crippen molar-refractivity contribution < 1.29 is 0 Å². The molecule has 3 aromatic rings. The van der Waals surface area contributed by atoms with Crippen molar-refractivity contribution in [3.63, 3.8) is 0 Å². The number of hydrazone groups is 1. The van der Waals surface area contributed by atoms with Gasteiger partial charge in [0.15, 0.2) is 0 Å². The van der Waals surface area contributed by atoms with Gasteiger partial charge in [-0.15, -0.1) is 11.3 Å². The molecule has 1 heterocycles. The van der Waals surface area contributed by atoms with Gasteiger partial charge in [0.25, 0.3) is 0 Å². The van der Waals surface area contributed by atoms with Crippen molar-refractivity contribution in [3.05, 3.63) is 67.9 Å². The second kappa shape index (κ2) is 7.45. The van der Waals surface area contributed by atoms with E-state index in [1.54, 1.807) is 18.3 Å². The molecule has 0 radical (unpaired) electrons. The third kappa shape index (κ3) is 4.12. The van der Waals surface area contributed by atoms with Gasteiger partial charge in [0.05, 0.1) is 16.9 Å². The number of thiazole rings is 1. The van der Waals surface area contributed by atoms with Crippen molar-refractivity contribution >= 4 is 61.8 Å². The first-order valence-corrected chi connectivity index (χ1v) is 9.01. The van der Waals surface area contributed by atoms with Crippen LogP contribution in [0, 0.1) is 0 Å². The van der Waals surface area contributed by atoms with E-state index in [0.29, 0.717) is 15.2 Å². The van der Waals surface area contributed by atoms with Gasteiger partial charge < -0.3 is 0 Å². The Morgan fingerprint density at radius 1 is 1.17 bits per heavy atom. The van der Waals surface area contributed by atoms with Gasteiger partial charge in [-0.2, -0.15) is 5.10 Å². The molecule has 0 saturated carbocycles. The summed E-state index contributed by atoms with van der Waals surface area (Å²) >= 11 is 17.0. The molecule has 0 aliphatic heterocycles. The van der Waals surface area contributed by atoms with Crippen molar-refractivity contribution in [1.82, 2.24) is 4.98 Å². The number of anilines is 1. The Kier molecular flexibility index (Phi) is 5.33. The lowest BCUT2D eigenvalue weighted by atomic mass is 10.2. The zero-order chi connectivity index (χ0) is 16.2. The van der Waals surface area contributed by atoms with Gasteiger partial charge in [0.1, 0.15) is 0 Å². The number of nitrogens with one attached hydrogen (secondary N) is 1. The van der Waals surface area contributed by atoms with Crippen LogP contribution in [-0.4, -0.2) is 11.2 Å². The van der Waals surface area contributed by atoms with Crippen LogP contribution in [0.5, 0.6) is 0 Å². The minimum absolute atomic E-state index is 0.575. The molecule has 0 bridgehead atoms. The maximum absolute atomic E-state index is 6.20. The third-order valence-electron chi connectivity index (χ3n) is 2.98. The zero-order valence-corrected chi connectivity index (χ0v) is 15.5. The van der Waals surface area contributed by atoms with Crippen LogP contribution < -0.4 is 5.43 Å². The van der Waals surface area contributed by atoms with Crippen LogP contribution >= 0.6 is 50.5 Å². The number of aromatic nitrogens is 1. The molecule has 0 unspecified atom stereocenters. The molecule has 2 aromatic carbocycles. The molecule has 0 spiro atoms. The van der Waals surface area contributed by atoms with Crippen LogP contribution in [0.4, 0.5) is 5.13 Å². The molecule has 3 nitrogen and oxygen atoms in total. The Morgan fingerprint density at radius 3 is 2.78 bits per heavy atom. The van der Waals surface area contributed by atoms with E-state index in [1.807, 2.05) is 35.7 Å². The predicted molar refractivity (Wildman–Crippen MR) is 103 cm³/mol. The van der Waals surface area contributed by atoms with Crippen molar-refractivity contribution in [2.75, 3.05) is 5.43 Å². The minimum atomic E-state index is 0.575. The number of rotatable bonds is 4. The number of benzene rings is 2. The van der Waals surface area contributed by atoms with Crippen LogP contribution in [-0.2, 0) is 0 Å². The zero-order valence-electron chi connectivity index (χ0n) is 11.6. The Bertz CT molecular complexity index is 864. The largest absolute Gasteiger partial charge is 0.253 e. The fourth-order valence-electron chi connectivity index (χ4n) is 1.88. The van der Waals surface area contributed by atoms with Crippen LogP contribution in [0.15, 0.2) is 57.4 Å². The summed E-state index contributed by atoms with van der Waals surface area (Å²) in [5.74, 6) is 0. The maximum atomic E-state index is 6.20. The third-order valence-corrected chi connectivity index (χ3v) is 5.00. The van der Waals surface area contributed by atoms with Crippen LogP contribution in [0.3, 0.4) is 0 Å². The lowest BCUT2D eigenvalue weighted by molar-refractivity contribution is 1.29. The number of nitrogens with zero attached hydrogens (tertiary/aromatic N) is 2. The van der Waals surface area contributed by atoms with Gasteiger partial charge in [-0.05, 0) is 24.3 Å². The van der Waals surface area contributed by atoms with Crippen LogP contribution in [0.25, 0.3) is 11.3 Å². The molecule has 7 heteroatoms. The summed E-state index contributed by atoms with van der Waals surface area (Å²) in [5, 5.41) is 7.99. The van der Waals surface area contributed by atoms with E-state index >= 15 is 0 Å². The van der Waals surface area contributed by atoms with Crippen molar-refractivity contribution in [2.45, 2.75) is 0 Å². The first-order valence-electron chi connectivity index (χ1n) is 6.58. The smallest absolute Gasteiger partial charge is 0.203 e. The molecule has 1 aromatic heterocycles. The second-order valence-electron chi connectivity index (χ2n) is 4.55. The summed E-state index contributed by atoms with van der Waals surface area (Å²) in [6.45, 7) is 0. The molecule has 0 atom stereocenters. The Hall–Kier alpha value is -1.40. The fraction of sp³-hybridized carbons (Fsp3) is 0. The Balaban J connectivity index is 1.74. The van der Waals surface area contributed by atoms with Crippen molar-refractivity contribution in [3.8, 4) is 11.3 Å². The molecule has 0 aliphatic carbocycles. The minimum Gasteiger partial charge on any atom is -0.253 e. The topological polar surface area (TPSA) is 37.3 Å². The van der Waals surface area contributed by atoms with Gasteiger partial charge in [-0.25, -0.2) is 4.98 Å². The standard InChI is InChI=1S/C16H10BrCl2N3S/c17-13-4-2-1-3-10(13)8-20-22-16-21-15(9-23-16)12-6-5-11(18)7-14(12)19/h1-9H,(H,21,22)/b20-8+. The van der Waals surface area contributed by atoms with Crippen LogP contribution in [0.2, 0.25) is 10.0 Å². The normalized spacial score (nSPS) is 11.1. The van der Waals surface area contributed by atoms with Crippen molar-refractivity contribution in [2.24, 2.45) is 5.10 Å². The molecule has 0 amide bonds. The quantitative estimate of drug-likeness (QED) is 0.391. The molecule has 0 saturated heterocycles. The first-order chi connectivity index (χ1) is 11.1. The number of halogens is 3. The van der Waals surface area contributed by atoms with Crippen LogP contribution in [0.1, 0.15) is 5.56 Å². The number of hydrogen-bond acceptors (Lipinski definition) is 4. The average molecular weight is 427 g/mol. The average Bonchev–Trinajstić information content (AvgIpc) is 2.98. The molecule has 3 rings (SSSR count). The van der Waals surface area contributed by atoms with E-state index < -0.39 is 0 Å². The molecule has 1 N–H and O–H groups in total. The SMILES string of the molecule is Clc1ccc(-c2csc(N/N=C/c3ccccc3Br)n2)c(Cl)c1. The van der Waals surface area contributed by atoms with Gasteiger partial charge in [-0.3, -0.25) is 5.43 Å². The highest BCUT2D eigenvalue weighted by Crippen LogP contribution is 2.32. The lowest BCUT2D eigenvalue weighted by Crippen LogP contribution is -1.91. The van der Waals surface area contributed by atoms with Gasteiger partial charge >= 0.3 is 0 Å². The summed E-state index contributed by atoms with van der Waals surface area (Å²) in [4.78, 5) is 4.48. The van der Waals surface area contributed by atoms with Crippen molar-refractivity contribution in [1.29, 1.82) is 0 Å². The molecular weight excluding hydrogens is 417 g/mol. The predicted octanol–water partition coefficient (Wildman–Crippen LogP) is 6.33. The van der Waals surface area contributed by atoms with E-state index in [0.717, 1.165) is 21.3 Å². The molecule has 116 valence electrons. The second-order valence-corrected chi connectivity index (χ2v) is 7.11. The van der Waals surface area contributed by atoms with E-state index in [9.17, 15) is 0 Å². The summed E-state index contributed by atoms with van der Waals surface area (Å²) in [6, 6.07) is 13.2. The van der Waals surface area contributed by atoms with Gasteiger partial charge in [0.2, 0.25) is 5.13 Å². The maximum Gasteiger partial charge on any atom is 0.203 e. The highest BCUT2D eigenvalue weighted by Gasteiger charge is 2.08. The summed E-state index contributed by atoms with van der Waals surface area (Å²) in [5.41, 5.74) is 5.54. The lowest BCUT2D eigenvalue weighted by Gasteiger charge is -2.00. The molecular formula is C16H10BrCl2N3S. The first kappa shape index (κ1) is 16.5. The number of hydrogen-bond donors (Lipinski definition) is 1. The van der Waals surface area contributed by atoms with E-state index in [2.05, 4.69) is 31.4 Å². The summed E-state index contributed by atoms with van der Waals surface area (Å²) in [6.07, 6.45) is 1.74. The summed E-state index contributed by atoms with van der Waals surface area (Å²) in [7, 11) is 0. The van der Waals surface area contributed by atoms with Gasteiger partial charge in [0, 0.05) is 26.0 Å². The van der Waals surface area contributed by atoms with Gasteiger partial charge in [-0.1, -0.05) is 57.3 Å². The highest BCUT2D eigenvalue weighted by molar-refractivity contribution is 9.10. The summed E-state index contributed by atoms with van der Waals surface area (Å²) < 4.78 is 0.985. The van der Waals surface area contributed by atoms with E-state index in [-0.39, 0.29) is 0 Å². The molecule has 0 aliphatic rings. The fourth-order valence-corrected chi connectivity index (χ4v) is 3.43.